The van der Waals surface area contributed by atoms with Gasteiger partial charge in [-0.2, -0.15) is 0 Å². The lowest BCUT2D eigenvalue weighted by atomic mass is 10.1. The van der Waals surface area contributed by atoms with Crippen LogP contribution in [0.5, 0.6) is 5.75 Å². The highest BCUT2D eigenvalue weighted by atomic mass is 16.5. The summed E-state index contributed by atoms with van der Waals surface area (Å²) in [4.78, 5) is 8.04. The first kappa shape index (κ1) is 18.8. The van der Waals surface area contributed by atoms with Crippen molar-refractivity contribution >= 4 is 16.9 Å². The highest BCUT2D eigenvalue weighted by molar-refractivity contribution is 5.83. The minimum Gasteiger partial charge on any atom is -0.497 e. The quantitative estimate of drug-likeness (QED) is 0.423. The average Bonchev–Trinajstić information content (AvgIpc) is 3.12. The Hall–Kier alpha value is -2.95. The van der Waals surface area contributed by atoms with Crippen molar-refractivity contribution in [2.45, 2.75) is 19.8 Å². The third-order valence-corrected chi connectivity index (χ3v) is 4.54. The second-order valence-corrected chi connectivity index (χ2v) is 6.40. The van der Waals surface area contributed by atoms with Crippen molar-refractivity contribution in [3.8, 4) is 5.75 Å². The number of nitrogens with zero attached hydrogens (tertiary/aromatic N) is 1. The van der Waals surface area contributed by atoms with Gasteiger partial charge in [-0.05, 0) is 49.1 Å². The van der Waals surface area contributed by atoms with Crippen LogP contribution in [0.4, 0.5) is 0 Å². The van der Waals surface area contributed by atoms with Crippen LogP contribution in [0.3, 0.4) is 0 Å². The van der Waals surface area contributed by atoms with E-state index in [0.717, 1.165) is 44.2 Å². The topological polar surface area (TPSA) is 61.4 Å². The molecule has 0 saturated heterocycles. The van der Waals surface area contributed by atoms with Gasteiger partial charge in [-0.3, -0.25) is 4.99 Å². The van der Waals surface area contributed by atoms with Crippen molar-refractivity contribution in [2.75, 3.05) is 26.7 Å². The van der Waals surface area contributed by atoms with Gasteiger partial charge in [0.25, 0.3) is 0 Å². The van der Waals surface area contributed by atoms with E-state index in [4.69, 9.17) is 9.73 Å². The molecular formula is C22H28N4O. The summed E-state index contributed by atoms with van der Waals surface area (Å²) >= 11 is 0. The molecule has 0 bridgehead atoms. The van der Waals surface area contributed by atoms with Gasteiger partial charge >= 0.3 is 0 Å². The SMILES string of the molecule is CCNC(=NCCc1c[nH]c2ccccc12)NCCc1ccc(OC)cc1. The average molecular weight is 364 g/mol. The summed E-state index contributed by atoms with van der Waals surface area (Å²) in [7, 11) is 1.69. The number of nitrogens with one attached hydrogen (secondary N) is 3. The summed E-state index contributed by atoms with van der Waals surface area (Å²) in [5.41, 5.74) is 3.77. The minimum absolute atomic E-state index is 0.750. The highest BCUT2D eigenvalue weighted by Gasteiger charge is 2.03. The number of aliphatic imine (C=N–C) groups is 1. The Balaban J connectivity index is 1.51. The number of H-pyrrole nitrogens is 1. The molecule has 0 amide bonds. The molecule has 2 aromatic carbocycles. The second-order valence-electron chi connectivity index (χ2n) is 6.40. The molecule has 142 valence electrons. The highest BCUT2D eigenvalue weighted by Crippen LogP contribution is 2.18. The molecule has 3 aromatic rings. The van der Waals surface area contributed by atoms with Crippen LogP contribution in [0.1, 0.15) is 18.1 Å². The number of hydrogen-bond donors (Lipinski definition) is 3. The van der Waals surface area contributed by atoms with E-state index in [2.05, 4.69) is 65.1 Å². The molecule has 0 aliphatic carbocycles. The summed E-state index contributed by atoms with van der Waals surface area (Å²) in [6.07, 6.45) is 3.94. The molecule has 0 fully saturated rings. The van der Waals surface area contributed by atoms with Gasteiger partial charge in [0.1, 0.15) is 5.75 Å². The molecular weight excluding hydrogens is 336 g/mol. The van der Waals surface area contributed by atoms with E-state index in [1.807, 2.05) is 12.1 Å². The zero-order valence-electron chi connectivity index (χ0n) is 16.1. The van der Waals surface area contributed by atoms with Gasteiger partial charge in [0.05, 0.1) is 7.11 Å². The lowest BCUT2D eigenvalue weighted by Crippen LogP contribution is -2.38. The summed E-state index contributed by atoms with van der Waals surface area (Å²) in [5, 5.41) is 8.01. The summed E-state index contributed by atoms with van der Waals surface area (Å²) in [6.45, 7) is 4.52. The number of aromatic nitrogens is 1. The summed E-state index contributed by atoms with van der Waals surface area (Å²) in [5.74, 6) is 1.75. The normalized spacial score (nSPS) is 11.6. The van der Waals surface area contributed by atoms with E-state index >= 15 is 0 Å². The lowest BCUT2D eigenvalue weighted by molar-refractivity contribution is 0.414. The molecule has 5 nitrogen and oxygen atoms in total. The Morgan fingerprint density at radius 3 is 2.63 bits per heavy atom. The fraction of sp³-hybridized carbons (Fsp3) is 0.318. The Bertz CT molecular complexity index is 867. The standard InChI is InChI=1S/C22H28N4O/c1-3-23-22(24-14-12-17-8-10-19(27-2)11-9-17)25-15-13-18-16-26-21-7-5-4-6-20(18)21/h4-11,16,26H,3,12-15H2,1-2H3,(H2,23,24,25). The maximum atomic E-state index is 5.20. The molecule has 5 heteroatoms. The van der Waals surface area contributed by atoms with Gasteiger partial charge in [-0.15, -0.1) is 0 Å². The van der Waals surface area contributed by atoms with E-state index in [-0.39, 0.29) is 0 Å². The number of ether oxygens (including phenoxy) is 1. The van der Waals surface area contributed by atoms with Crippen LogP contribution in [0.2, 0.25) is 0 Å². The molecule has 27 heavy (non-hydrogen) atoms. The van der Waals surface area contributed by atoms with Crippen LogP contribution in [-0.4, -0.2) is 37.7 Å². The molecule has 0 aliphatic heterocycles. The third kappa shape index (κ3) is 5.26. The molecule has 0 atom stereocenters. The maximum Gasteiger partial charge on any atom is 0.191 e. The number of guanidine groups is 1. The van der Waals surface area contributed by atoms with Crippen molar-refractivity contribution < 1.29 is 4.74 Å². The molecule has 0 saturated carbocycles. The van der Waals surface area contributed by atoms with Gasteiger partial charge in [0.15, 0.2) is 5.96 Å². The van der Waals surface area contributed by atoms with Crippen LogP contribution in [-0.2, 0) is 12.8 Å². The molecule has 1 heterocycles. The number of fused-ring (bicyclic) bond motifs is 1. The smallest absolute Gasteiger partial charge is 0.191 e. The fourth-order valence-corrected chi connectivity index (χ4v) is 3.09. The molecule has 3 rings (SSSR count). The first-order valence-electron chi connectivity index (χ1n) is 9.50. The first-order chi connectivity index (χ1) is 13.3. The maximum absolute atomic E-state index is 5.20. The van der Waals surface area contributed by atoms with Gasteiger partial charge in [-0.25, -0.2) is 0 Å². The number of benzene rings is 2. The minimum atomic E-state index is 0.750. The Labute approximate surface area is 160 Å². The number of para-hydroxylation sites is 1. The van der Waals surface area contributed by atoms with E-state index in [9.17, 15) is 0 Å². The predicted octanol–water partition coefficient (Wildman–Crippen LogP) is 3.52. The zero-order chi connectivity index (χ0) is 18.9. The predicted molar refractivity (Wildman–Crippen MR) is 113 cm³/mol. The second kappa shape index (κ2) is 9.67. The van der Waals surface area contributed by atoms with Crippen molar-refractivity contribution in [3.63, 3.8) is 0 Å². The number of rotatable bonds is 8. The van der Waals surface area contributed by atoms with Crippen molar-refractivity contribution in [1.29, 1.82) is 0 Å². The van der Waals surface area contributed by atoms with Gasteiger partial charge < -0.3 is 20.4 Å². The Morgan fingerprint density at radius 2 is 1.85 bits per heavy atom. The van der Waals surface area contributed by atoms with Crippen molar-refractivity contribution in [2.24, 2.45) is 4.99 Å². The van der Waals surface area contributed by atoms with E-state index < -0.39 is 0 Å². The van der Waals surface area contributed by atoms with Crippen molar-refractivity contribution in [3.05, 3.63) is 65.9 Å². The lowest BCUT2D eigenvalue weighted by Gasteiger charge is -2.11. The van der Waals surface area contributed by atoms with E-state index in [1.165, 1.54) is 22.0 Å². The third-order valence-electron chi connectivity index (χ3n) is 4.54. The van der Waals surface area contributed by atoms with Gasteiger partial charge in [-0.1, -0.05) is 30.3 Å². The Kier molecular flexibility index (Phi) is 6.74. The number of hydrogen-bond acceptors (Lipinski definition) is 2. The van der Waals surface area contributed by atoms with Gasteiger partial charge in [0.2, 0.25) is 0 Å². The van der Waals surface area contributed by atoms with Gasteiger partial charge in [0, 0.05) is 36.7 Å². The monoisotopic (exact) mass is 364 g/mol. The molecule has 0 aliphatic rings. The van der Waals surface area contributed by atoms with E-state index in [1.54, 1.807) is 7.11 Å². The fourth-order valence-electron chi connectivity index (χ4n) is 3.09. The zero-order valence-corrected chi connectivity index (χ0v) is 16.1. The van der Waals surface area contributed by atoms with Crippen LogP contribution < -0.4 is 15.4 Å². The van der Waals surface area contributed by atoms with E-state index in [0.29, 0.717) is 0 Å². The van der Waals surface area contributed by atoms with Crippen LogP contribution in [0.15, 0.2) is 59.7 Å². The molecule has 0 unspecified atom stereocenters. The summed E-state index contributed by atoms with van der Waals surface area (Å²) < 4.78 is 5.20. The molecule has 1 aromatic heterocycles. The Morgan fingerprint density at radius 1 is 1.04 bits per heavy atom. The largest absolute Gasteiger partial charge is 0.497 e. The molecule has 3 N–H and O–H groups in total. The molecule has 0 radical (unpaired) electrons. The van der Waals surface area contributed by atoms with Crippen LogP contribution in [0.25, 0.3) is 10.9 Å². The van der Waals surface area contributed by atoms with Crippen LogP contribution in [0, 0.1) is 0 Å². The number of aromatic amines is 1. The number of methoxy groups -OCH3 is 1. The van der Waals surface area contributed by atoms with Crippen LogP contribution >= 0.6 is 0 Å². The molecule has 0 spiro atoms. The summed E-state index contributed by atoms with van der Waals surface area (Å²) in [6, 6.07) is 16.6. The van der Waals surface area contributed by atoms with Crippen molar-refractivity contribution in [1.82, 2.24) is 15.6 Å². The first-order valence-corrected chi connectivity index (χ1v) is 9.50.